The number of aromatic nitrogens is 2. The summed E-state index contributed by atoms with van der Waals surface area (Å²) in [6.45, 7) is 6.18. The number of esters is 1. The van der Waals surface area contributed by atoms with Crippen LogP contribution < -0.4 is 0 Å². The summed E-state index contributed by atoms with van der Waals surface area (Å²) in [6.07, 6.45) is 5.05. The number of rotatable bonds is 5. The maximum absolute atomic E-state index is 11.4. The Morgan fingerprint density at radius 2 is 1.43 bits per heavy atom. The molecule has 8 nitrogen and oxygen atoms in total. The molecule has 28 heavy (non-hydrogen) atoms. The molecule has 0 saturated heterocycles. The molecule has 0 fully saturated rings. The van der Waals surface area contributed by atoms with Gasteiger partial charge in [-0.1, -0.05) is 13.8 Å². The first-order valence-corrected chi connectivity index (χ1v) is 9.06. The Morgan fingerprint density at radius 3 is 1.89 bits per heavy atom. The molecule has 0 aromatic carbocycles. The zero-order valence-electron chi connectivity index (χ0n) is 15.9. The summed E-state index contributed by atoms with van der Waals surface area (Å²) in [6, 6.07) is 3.17. The van der Waals surface area contributed by atoms with E-state index in [1.54, 1.807) is 25.5 Å². The molecule has 0 saturated carbocycles. The number of nitrogens with one attached hydrogen (secondary N) is 2. The number of aromatic carboxylic acids is 1. The van der Waals surface area contributed by atoms with Crippen LogP contribution in [0.3, 0.4) is 0 Å². The summed E-state index contributed by atoms with van der Waals surface area (Å²) in [7, 11) is 0. The fourth-order valence-electron chi connectivity index (χ4n) is 2.88. The van der Waals surface area contributed by atoms with E-state index in [9.17, 15) is 9.59 Å². The van der Waals surface area contributed by atoms with E-state index in [-0.39, 0.29) is 11.7 Å². The van der Waals surface area contributed by atoms with Crippen molar-refractivity contribution >= 4 is 34.1 Å². The van der Waals surface area contributed by atoms with Crippen LogP contribution in [0, 0.1) is 0 Å². The Labute approximate surface area is 160 Å². The van der Waals surface area contributed by atoms with Gasteiger partial charge >= 0.3 is 11.9 Å². The standard InChI is InChI=1S/C11H13NO3.C9H9NO3/c1-3-7-6-15-9-5-8(12-10(7)9)11(13)14-4-2;1-2-5-4-13-7-3-6(9(11)12)10-8(5)7/h5-6,12H,3-4H2,1-2H3;3-4,10H,2H2,1H3,(H,11,12). The first-order valence-electron chi connectivity index (χ1n) is 9.06. The lowest BCUT2D eigenvalue weighted by Crippen LogP contribution is -2.04. The number of ether oxygens (including phenoxy) is 1. The lowest BCUT2D eigenvalue weighted by atomic mass is 10.2. The minimum absolute atomic E-state index is 0.170. The van der Waals surface area contributed by atoms with Crippen LogP contribution in [-0.2, 0) is 17.6 Å². The summed E-state index contributed by atoms with van der Waals surface area (Å²) >= 11 is 0. The number of carbonyl (C=O) groups is 2. The van der Waals surface area contributed by atoms with Crippen molar-refractivity contribution < 1.29 is 28.3 Å². The van der Waals surface area contributed by atoms with E-state index in [0.717, 1.165) is 35.0 Å². The summed E-state index contributed by atoms with van der Waals surface area (Å²) in [4.78, 5) is 27.8. The predicted octanol–water partition coefficient (Wildman–Crippen LogP) is 4.52. The number of aryl methyl sites for hydroxylation is 2. The number of fused-ring (bicyclic) bond motifs is 2. The molecule has 0 spiro atoms. The SMILES string of the molecule is CCOC(=O)c1cc2occ(CC)c2[nH]1.CCc1coc2cc(C(=O)O)[nH]c12. The van der Waals surface area contributed by atoms with E-state index in [0.29, 0.717) is 23.5 Å². The Kier molecular flexibility index (Phi) is 5.58. The van der Waals surface area contributed by atoms with Gasteiger partial charge in [-0.15, -0.1) is 0 Å². The highest BCUT2D eigenvalue weighted by molar-refractivity contribution is 5.94. The molecule has 0 aliphatic rings. The normalized spacial score (nSPS) is 10.8. The maximum Gasteiger partial charge on any atom is 0.354 e. The van der Waals surface area contributed by atoms with Gasteiger partial charge in [0.25, 0.3) is 0 Å². The zero-order valence-corrected chi connectivity index (χ0v) is 15.9. The second-order valence-electron chi connectivity index (χ2n) is 6.10. The Bertz CT molecular complexity index is 1110. The number of aromatic amines is 2. The number of furan rings is 2. The van der Waals surface area contributed by atoms with Crippen molar-refractivity contribution in [3.05, 3.63) is 47.2 Å². The van der Waals surface area contributed by atoms with Crippen molar-refractivity contribution in [2.45, 2.75) is 33.6 Å². The maximum atomic E-state index is 11.4. The highest BCUT2D eigenvalue weighted by Gasteiger charge is 2.14. The lowest BCUT2D eigenvalue weighted by Gasteiger charge is -1.97. The van der Waals surface area contributed by atoms with E-state index in [2.05, 4.69) is 9.97 Å². The fourth-order valence-corrected chi connectivity index (χ4v) is 2.88. The number of carboxylic acids is 1. The van der Waals surface area contributed by atoms with Gasteiger partial charge in [0.2, 0.25) is 0 Å². The van der Waals surface area contributed by atoms with Crippen LogP contribution >= 0.6 is 0 Å². The highest BCUT2D eigenvalue weighted by atomic mass is 16.5. The molecule has 0 amide bonds. The van der Waals surface area contributed by atoms with Gasteiger partial charge in [-0.05, 0) is 19.8 Å². The molecule has 148 valence electrons. The van der Waals surface area contributed by atoms with Crippen molar-refractivity contribution in [1.29, 1.82) is 0 Å². The van der Waals surface area contributed by atoms with Gasteiger partial charge in [0, 0.05) is 23.3 Å². The molecule has 0 bridgehead atoms. The average molecular weight is 386 g/mol. The van der Waals surface area contributed by atoms with Crippen molar-refractivity contribution in [1.82, 2.24) is 9.97 Å². The number of H-pyrrole nitrogens is 2. The molecule has 0 radical (unpaired) electrons. The molecular formula is C20H22N2O6. The van der Waals surface area contributed by atoms with Crippen LogP contribution in [0.4, 0.5) is 0 Å². The predicted molar refractivity (Wildman–Crippen MR) is 103 cm³/mol. The molecule has 0 aliphatic heterocycles. The van der Waals surface area contributed by atoms with E-state index in [1.165, 1.54) is 6.07 Å². The quantitative estimate of drug-likeness (QED) is 0.434. The summed E-state index contributed by atoms with van der Waals surface area (Å²) in [5, 5.41) is 8.69. The number of carboxylic acid groups (broad SMARTS) is 1. The van der Waals surface area contributed by atoms with E-state index < -0.39 is 5.97 Å². The van der Waals surface area contributed by atoms with Gasteiger partial charge < -0.3 is 28.6 Å². The highest BCUT2D eigenvalue weighted by Crippen LogP contribution is 2.23. The van der Waals surface area contributed by atoms with Gasteiger partial charge in [-0.25, -0.2) is 9.59 Å². The molecule has 0 aliphatic carbocycles. The molecule has 0 unspecified atom stereocenters. The molecule has 4 aromatic heterocycles. The molecule has 4 heterocycles. The zero-order chi connectivity index (χ0) is 20.3. The van der Waals surface area contributed by atoms with Gasteiger partial charge in [0.05, 0.1) is 30.2 Å². The number of hydrogen-bond acceptors (Lipinski definition) is 5. The van der Waals surface area contributed by atoms with Crippen LogP contribution in [0.15, 0.2) is 33.5 Å². The third-order valence-corrected chi connectivity index (χ3v) is 4.35. The minimum atomic E-state index is -0.964. The second kappa shape index (κ2) is 8.08. The number of hydrogen-bond donors (Lipinski definition) is 3. The third kappa shape index (κ3) is 3.66. The van der Waals surface area contributed by atoms with E-state index in [1.807, 2.05) is 13.8 Å². The largest absolute Gasteiger partial charge is 0.477 e. The van der Waals surface area contributed by atoms with Crippen LogP contribution in [0.2, 0.25) is 0 Å². The van der Waals surface area contributed by atoms with E-state index >= 15 is 0 Å². The Hall–Kier alpha value is -3.42. The number of carbonyl (C=O) groups excluding carboxylic acids is 1. The molecule has 3 N–H and O–H groups in total. The van der Waals surface area contributed by atoms with Gasteiger partial charge in [-0.2, -0.15) is 0 Å². The van der Waals surface area contributed by atoms with Crippen LogP contribution in [0.5, 0.6) is 0 Å². The first kappa shape index (κ1) is 19.3. The average Bonchev–Trinajstić information content (AvgIpc) is 3.41. The van der Waals surface area contributed by atoms with Gasteiger partial charge in [0.15, 0.2) is 11.2 Å². The van der Waals surface area contributed by atoms with Gasteiger partial charge in [-0.3, -0.25) is 0 Å². The Balaban J connectivity index is 0.000000162. The Morgan fingerprint density at radius 1 is 0.929 bits per heavy atom. The molecule has 0 atom stereocenters. The molecular weight excluding hydrogens is 364 g/mol. The monoisotopic (exact) mass is 386 g/mol. The van der Waals surface area contributed by atoms with Crippen molar-refractivity contribution in [3.63, 3.8) is 0 Å². The van der Waals surface area contributed by atoms with E-state index in [4.69, 9.17) is 18.7 Å². The van der Waals surface area contributed by atoms with Crippen molar-refractivity contribution in [2.24, 2.45) is 0 Å². The summed E-state index contributed by atoms with van der Waals surface area (Å²) in [5.41, 5.74) is 5.68. The third-order valence-electron chi connectivity index (χ3n) is 4.35. The molecule has 4 rings (SSSR count). The fraction of sp³-hybridized carbons (Fsp3) is 0.300. The lowest BCUT2D eigenvalue weighted by molar-refractivity contribution is 0.0520. The topological polar surface area (TPSA) is 121 Å². The van der Waals surface area contributed by atoms with Gasteiger partial charge in [0.1, 0.15) is 11.4 Å². The van der Waals surface area contributed by atoms with Crippen LogP contribution in [-0.4, -0.2) is 33.6 Å². The molecule has 4 aromatic rings. The summed E-state index contributed by atoms with van der Waals surface area (Å²) < 4.78 is 15.4. The second-order valence-corrected chi connectivity index (χ2v) is 6.10. The van der Waals surface area contributed by atoms with Crippen molar-refractivity contribution in [2.75, 3.05) is 6.61 Å². The van der Waals surface area contributed by atoms with Crippen LogP contribution in [0.1, 0.15) is 52.9 Å². The minimum Gasteiger partial charge on any atom is -0.477 e. The first-order chi connectivity index (χ1) is 13.5. The van der Waals surface area contributed by atoms with Crippen molar-refractivity contribution in [3.8, 4) is 0 Å². The van der Waals surface area contributed by atoms with Crippen LogP contribution in [0.25, 0.3) is 22.2 Å². The molecule has 8 heteroatoms. The smallest absolute Gasteiger partial charge is 0.354 e. The summed E-state index contributed by atoms with van der Waals surface area (Å²) in [5.74, 6) is -1.31.